The molecule has 1 saturated heterocycles. The minimum atomic E-state index is -0.0545. The Morgan fingerprint density at radius 2 is 1.60 bits per heavy atom. The van der Waals surface area contributed by atoms with Gasteiger partial charge in [-0.25, -0.2) is 0 Å². The normalized spacial score (nSPS) is 41.8. The van der Waals surface area contributed by atoms with E-state index in [0.717, 1.165) is 0 Å². The molecule has 1 aliphatic rings. The Balaban J connectivity index is 2.73. The van der Waals surface area contributed by atoms with Crippen molar-refractivity contribution in [3.05, 3.63) is 0 Å². The van der Waals surface area contributed by atoms with E-state index < -0.39 is 0 Å². The summed E-state index contributed by atoms with van der Waals surface area (Å²) in [6.45, 7) is 4.72. The summed E-state index contributed by atoms with van der Waals surface area (Å²) in [5, 5.41) is 0. The first-order chi connectivity index (χ1) is 7.15. The lowest BCUT2D eigenvalue weighted by Crippen LogP contribution is -2.55. The monoisotopic (exact) mass is 218 g/mol. The molecule has 90 valence electrons. The summed E-state index contributed by atoms with van der Waals surface area (Å²) in [6, 6.07) is 0. The third kappa shape index (κ3) is 2.69. The first-order valence-corrected chi connectivity index (χ1v) is 5.35. The maximum atomic E-state index is 5.84. The van der Waals surface area contributed by atoms with E-state index in [1.54, 1.807) is 21.3 Å². The Kier molecular flexibility index (Phi) is 4.99. The number of hydrogen-bond donors (Lipinski definition) is 0. The van der Waals surface area contributed by atoms with E-state index >= 15 is 0 Å². The molecule has 0 aromatic rings. The van der Waals surface area contributed by atoms with E-state index in [4.69, 9.17) is 18.9 Å². The molecule has 0 spiro atoms. The molecule has 1 rings (SSSR count). The highest BCUT2D eigenvalue weighted by molar-refractivity contribution is 4.90. The van der Waals surface area contributed by atoms with E-state index in [0.29, 0.717) is 12.5 Å². The van der Waals surface area contributed by atoms with Gasteiger partial charge in [-0.15, -0.1) is 0 Å². The van der Waals surface area contributed by atoms with Gasteiger partial charge in [0, 0.05) is 27.2 Å². The van der Waals surface area contributed by atoms with Crippen LogP contribution in [-0.4, -0.2) is 52.4 Å². The summed E-state index contributed by atoms with van der Waals surface area (Å²) in [5.41, 5.74) is 0. The van der Waals surface area contributed by atoms with Gasteiger partial charge in [0.2, 0.25) is 0 Å². The molecule has 0 radical (unpaired) electrons. The summed E-state index contributed by atoms with van der Waals surface area (Å²) in [4.78, 5) is 0. The second-order valence-corrected chi connectivity index (χ2v) is 4.09. The van der Waals surface area contributed by atoms with Gasteiger partial charge in [0.1, 0.15) is 12.2 Å². The summed E-state index contributed by atoms with van der Waals surface area (Å²) in [7, 11) is 5.07. The van der Waals surface area contributed by atoms with Crippen molar-refractivity contribution in [2.45, 2.75) is 38.3 Å². The minimum absolute atomic E-state index is 0.0452. The Hall–Kier alpha value is -0.160. The molecular formula is C11H22O4. The molecule has 4 nitrogen and oxygen atoms in total. The SMILES string of the molecule is COCC1O[C@@H](C)C(C)[C@@H](OC)[C@H]1OC. The van der Waals surface area contributed by atoms with Crippen LogP contribution < -0.4 is 0 Å². The molecule has 0 aromatic heterocycles. The number of hydrogen-bond acceptors (Lipinski definition) is 4. The molecule has 5 atom stereocenters. The Morgan fingerprint density at radius 1 is 1.00 bits per heavy atom. The van der Waals surface area contributed by atoms with Crippen LogP contribution in [0.25, 0.3) is 0 Å². The molecule has 4 heteroatoms. The van der Waals surface area contributed by atoms with Crippen molar-refractivity contribution in [1.29, 1.82) is 0 Å². The van der Waals surface area contributed by atoms with Crippen LogP contribution in [0.3, 0.4) is 0 Å². The molecule has 1 heterocycles. The second-order valence-electron chi connectivity index (χ2n) is 4.09. The molecule has 1 aliphatic heterocycles. The maximum Gasteiger partial charge on any atom is 0.112 e. The van der Waals surface area contributed by atoms with Crippen LogP contribution in [0.1, 0.15) is 13.8 Å². The van der Waals surface area contributed by atoms with Crippen LogP contribution in [-0.2, 0) is 18.9 Å². The van der Waals surface area contributed by atoms with Gasteiger partial charge in [0.05, 0.1) is 18.8 Å². The third-order valence-corrected chi connectivity index (χ3v) is 3.21. The van der Waals surface area contributed by atoms with E-state index in [2.05, 4.69) is 13.8 Å². The van der Waals surface area contributed by atoms with Gasteiger partial charge in [0.25, 0.3) is 0 Å². The van der Waals surface area contributed by atoms with Gasteiger partial charge in [-0.3, -0.25) is 0 Å². The molecule has 0 N–H and O–H groups in total. The average Bonchev–Trinajstić information content (AvgIpc) is 2.23. The van der Waals surface area contributed by atoms with E-state index in [1.165, 1.54) is 0 Å². The zero-order valence-electron chi connectivity index (χ0n) is 10.2. The van der Waals surface area contributed by atoms with Gasteiger partial charge >= 0.3 is 0 Å². The minimum Gasteiger partial charge on any atom is -0.382 e. The zero-order chi connectivity index (χ0) is 11.4. The van der Waals surface area contributed by atoms with Crippen LogP contribution in [0.4, 0.5) is 0 Å². The Labute approximate surface area is 91.8 Å². The summed E-state index contributed by atoms with van der Waals surface area (Å²) in [5.74, 6) is 0.327. The molecule has 0 aliphatic carbocycles. The molecular weight excluding hydrogens is 196 g/mol. The first-order valence-electron chi connectivity index (χ1n) is 5.35. The van der Waals surface area contributed by atoms with Crippen molar-refractivity contribution in [3.63, 3.8) is 0 Å². The van der Waals surface area contributed by atoms with Crippen molar-refractivity contribution >= 4 is 0 Å². The fourth-order valence-electron chi connectivity index (χ4n) is 2.19. The lowest BCUT2D eigenvalue weighted by atomic mass is 9.88. The summed E-state index contributed by atoms with van der Waals surface area (Å²) < 4.78 is 21.9. The zero-order valence-corrected chi connectivity index (χ0v) is 10.2. The van der Waals surface area contributed by atoms with Crippen molar-refractivity contribution in [2.75, 3.05) is 27.9 Å². The van der Waals surface area contributed by atoms with Gasteiger partial charge < -0.3 is 18.9 Å². The fraction of sp³-hybridized carbons (Fsp3) is 1.00. The van der Waals surface area contributed by atoms with Gasteiger partial charge in [0.15, 0.2) is 0 Å². The van der Waals surface area contributed by atoms with E-state index in [9.17, 15) is 0 Å². The lowest BCUT2D eigenvalue weighted by Gasteiger charge is -2.43. The van der Waals surface area contributed by atoms with Crippen molar-refractivity contribution in [1.82, 2.24) is 0 Å². The first kappa shape index (κ1) is 12.9. The molecule has 0 saturated carbocycles. The molecule has 0 aromatic carbocycles. The van der Waals surface area contributed by atoms with Crippen LogP contribution in [0.15, 0.2) is 0 Å². The number of rotatable bonds is 4. The molecule has 15 heavy (non-hydrogen) atoms. The fourth-order valence-corrected chi connectivity index (χ4v) is 2.19. The van der Waals surface area contributed by atoms with Crippen molar-refractivity contribution in [3.8, 4) is 0 Å². The smallest absolute Gasteiger partial charge is 0.112 e. The van der Waals surface area contributed by atoms with Crippen LogP contribution in [0.2, 0.25) is 0 Å². The summed E-state index contributed by atoms with van der Waals surface area (Å²) >= 11 is 0. The Bertz CT molecular complexity index is 185. The Morgan fingerprint density at radius 3 is 2.07 bits per heavy atom. The van der Waals surface area contributed by atoms with E-state index in [-0.39, 0.29) is 24.4 Å². The number of methoxy groups -OCH3 is 3. The highest BCUT2D eigenvalue weighted by Crippen LogP contribution is 2.29. The largest absolute Gasteiger partial charge is 0.382 e. The topological polar surface area (TPSA) is 36.9 Å². The quantitative estimate of drug-likeness (QED) is 0.707. The predicted molar refractivity (Wildman–Crippen MR) is 57.0 cm³/mol. The van der Waals surface area contributed by atoms with Gasteiger partial charge in [-0.05, 0) is 6.92 Å². The standard InChI is InChI=1S/C11H22O4/c1-7-8(2)15-9(6-12-3)11(14-5)10(7)13-4/h7-11H,6H2,1-5H3/t7?,8-,9?,10+,11-/m0/s1. The van der Waals surface area contributed by atoms with E-state index in [1.807, 2.05) is 0 Å². The highest BCUT2D eigenvalue weighted by atomic mass is 16.6. The van der Waals surface area contributed by atoms with Crippen LogP contribution in [0, 0.1) is 5.92 Å². The molecule has 0 bridgehead atoms. The van der Waals surface area contributed by atoms with Crippen LogP contribution >= 0.6 is 0 Å². The predicted octanol–water partition coefficient (Wildman–Crippen LogP) is 1.09. The van der Waals surface area contributed by atoms with Gasteiger partial charge in [-0.1, -0.05) is 6.92 Å². The second kappa shape index (κ2) is 5.80. The summed E-state index contributed by atoms with van der Waals surface area (Å²) in [6.07, 6.45) is 0.137. The van der Waals surface area contributed by atoms with Crippen molar-refractivity contribution in [2.24, 2.45) is 5.92 Å². The maximum absolute atomic E-state index is 5.84. The third-order valence-electron chi connectivity index (χ3n) is 3.21. The number of ether oxygens (including phenoxy) is 4. The lowest BCUT2D eigenvalue weighted by molar-refractivity contribution is -0.218. The molecule has 2 unspecified atom stereocenters. The van der Waals surface area contributed by atoms with Crippen LogP contribution in [0.5, 0.6) is 0 Å². The molecule has 1 fully saturated rings. The highest BCUT2D eigenvalue weighted by Gasteiger charge is 2.42. The average molecular weight is 218 g/mol. The van der Waals surface area contributed by atoms with Crippen molar-refractivity contribution < 1.29 is 18.9 Å². The molecule has 0 amide bonds. The van der Waals surface area contributed by atoms with Gasteiger partial charge in [-0.2, -0.15) is 0 Å².